The first kappa shape index (κ1) is 14.6. The number of carbonyl (C=O) groups is 1. The minimum absolute atomic E-state index is 0.0875. The standard InChI is InChI=1S/C12H12N2O4S2/c1-17-8-3-7(4-9(18-2)11(8)16)5-13-14-10(15)6-20-12(14)19/h3-5,16H,6H2,1-2H3/b13-5+. The number of benzene rings is 1. The number of hydrazone groups is 1. The van der Waals surface area contributed by atoms with Crippen molar-refractivity contribution in [2.45, 2.75) is 0 Å². The Hall–Kier alpha value is -1.80. The fourth-order valence-corrected chi connectivity index (χ4v) is 2.54. The number of phenolic OH excluding ortho intramolecular Hbond substituents is 1. The highest BCUT2D eigenvalue weighted by atomic mass is 32.2. The third kappa shape index (κ3) is 2.86. The van der Waals surface area contributed by atoms with Crippen LogP contribution in [0.3, 0.4) is 0 Å². The molecule has 2 rings (SSSR count). The van der Waals surface area contributed by atoms with E-state index in [4.69, 9.17) is 21.7 Å². The lowest BCUT2D eigenvalue weighted by Gasteiger charge is -2.10. The number of hydrogen-bond donors (Lipinski definition) is 1. The van der Waals surface area contributed by atoms with E-state index in [9.17, 15) is 9.90 Å². The lowest BCUT2D eigenvalue weighted by molar-refractivity contribution is -0.123. The molecule has 6 nitrogen and oxygen atoms in total. The Bertz CT molecular complexity index is 548. The highest BCUT2D eigenvalue weighted by molar-refractivity contribution is 8.23. The number of nitrogens with zero attached hydrogens (tertiary/aromatic N) is 2. The minimum Gasteiger partial charge on any atom is -0.502 e. The summed E-state index contributed by atoms with van der Waals surface area (Å²) in [5.41, 5.74) is 0.615. The molecule has 0 radical (unpaired) electrons. The fourth-order valence-electron chi connectivity index (χ4n) is 1.57. The van der Waals surface area contributed by atoms with Gasteiger partial charge in [-0.1, -0.05) is 24.0 Å². The largest absolute Gasteiger partial charge is 0.502 e. The van der Waals surface area contributed by atoms with E-state index in [1.165, 1.54) is 37.2 Å². The van der Waals surface area contributed by atoms with Gasteiger partial charge in [-0.15, -0.1) is 0 Å². The Morgan fingerprint density at radius 2 is 2.00 bits per heavy atom. The zero-order valence-corrected chi connectivity index (χ0v) is 12.5. The van der Waals surface area contributed by atoms with Crippen molar-refractivity contribution in [3.05, 3.63) is 17.7 Å². The first-order chi connectivity index (χ1) is 9.56. The van der Waals surface area contributed by atoms with Crippen LogP contribution in [0, 0.1) is 0 Å². The van der Waals surface area contributed by atoms with Gasteiger partial charge in [0.25, 0.3) is 5.91 Å². The van der Waals surface area contributed by atoms with Gasteiger partial charge in [0, 0.05) is 5.56 Å². The summed E-state index contributed by atoms with van der Waals surface area (Å²) in [7, 11) is 2.87. The molecule has 1 heterocycles. The number of carbonyl (C=O) groups excluding carboxylic acids is 1. The Morgan fingerprint density at radius 3 is 2.45 bits per heavy atom. The number of thiocarbonyl (C=S) groups is 1. The van der Waals surface area contributed by atoms with Gasteiger partial charge in [0.2, 0.25) is 5.75 Å². The van der Waals surface area contributed by atoms with Crippen molar-refractivity contribution in [2.24, 2.45) is 5.10 Å². The van der Waals surface area contributed by atoms with Crippen molar-refractivity contribution in [1.29, 1.82) is 0 Å². The third-order valence-corrected chi connectivity index (χ3v) is 3.89. The third-order valence-electron chi connectivity index (χ3n) is 2.55. The second kappa shape index (κ2) is 6.10. The van der Waals surface area contributed by atoms with Crippen molar-refractivity contribution in [3.63, 3.8) is 0 Å². The topological polar surface area (TPSA) is 71.4 Å². The summed E-state index contributed by atoms with van der Waals surface area (Å²) in [6, 6.07) is 3.16. The summed E-state index contributed by atoms with van der Waals surface area (Å²) in [6.45, 7) is 0. The molecule has 20 heavy (non-hydrogen) atoms. The summed E-state index contributed by atoms with van der Waals surface area (Å²) in [4.78, 5) is 11.5. The number of hydrogen-bond acceptors (Lipinski definition) is 7. The molecule has 1 N–H and O–H groups in total. The van der Waals surface area contributed by atoms with Crippen LogP contribution >= 0.6 is 24.0 Å². The maximum Gasteiger partial charge on any atom is 0.259 e. The molecule has 1 aromatic carbocycles. The highest BCUT2D eigenvalue weighted by Crippen LogP contribution is 2.36. The molecule has 0 saturated carbocycles. The van der Waals surface area contributed by atoms with Crippen LogP contribution in [0.25, 0.3) is 0 Å². The van der Waals surface area contributed by atoms with Gasteiger partial charge in [-0.2, -0.15) is 10.1 Å². The van der Waals surface area contributed by atoms with Crippen molar-refractivity contribution in [3.8, 4) is 17.2 Å². The van der Waals surface area contributed by atoms with Crippen molar-refractivity contribution in [1.82, 2.24) is 5.01 Å². The molecule has 0 aromatic heterocycles. The van der Waals surface area contributed by atoms with E-state index in [2.05, 4.69) is 5.10 Å². The van der Waals surface area contributed by atoms with Crippen molar-refractivity contribution >= 4 is 40.4 Å². The molecule has 1 aromatic rings. The molecule has 0 bridgehead atoms. The van der Waals surface area contributed by atoms with Crippen LogP contribution in [0.15, 0.2) is 17.2 Å². The first-order valence-electron chi connectivity index (χ1n) is 5.55. The molecular weight excluding hydrogens is 300 g/mol. The van der Waals surface area contributed by atoms with E-state index in [1.54, 1.807) is 12.1 Å². The summed E-state index contributed by atoms with van der Waals surface area (Å²) in [5, 5.41) is 15.0. The predicted molar refractivity (Wildman–Crippen MR) is 80.7 cm³/mol. The lowest BCUT2D eigenvalue weighted by Crippen LogP contribution is -2.22. The SMILES string of the molecule is COc1cc(/C=N/N2C(=O)CSC2=S)cc(OC)c1O. The first-order valence-corrected chi connectivity index (χ1v) is 6.95. The average molecular weight is 312 g/mol. The quantitative estimate of drug-likeness (QED) is 0.673. The Labute approximate surface area is 125 Å². The lowest BCUT2D eigenvalue weighted by atomic mass is 10.2. The van der Waals surface area contributed by atoms with Crippen LogP contribution in [0.1, 0.15) is 5.56 Å². The monoisotopic (exact) mass is 312 g/mol. The molecule has 1 fully saturated rings. The summed E-state index contributed by atoms with van der Waals surface area (Å²) < 4.78 is 10.5. The Morgan fingerprint density at radius 1 is 1.40 bits per heavy atom. The number of methoxy groups -OCH3 is 2. The molecule has 0 unspecified atom stereocenters. The van der Waals surface area contributed by atoms with E-state index in [1.807, 2.05) is 0 Å². The normalized spacial score (nSPS) is 15.2. The molecule has 0 aliphatic carbocycles. The fraction of sp³-hybridized carbons (Fsp3) is 0.250. The molecule has 0 atom stereocenters. The highest BCUT2D eigenvalue weighted by Gasteiger charge is 2.26. The van der Waals surface area contributed by atoms with Gasteiger partial charge in [-0.3, -0.25) is 4.79 Å². The summed E-state index contributed by atoms with van der Waals surface area (Å²) >= 11 is 6.29. The van der Waals surface area contributed by atoms with E-state index in [0.29, 0.717) is 15.6 Å². The maximum absolute atomic E-state index is 11.5. The predicted octanol–water partition coefficient (Wildman–Crippen LogP) is 1.60. The molecule has 1 aliphatic heterocycles. The summed E-state index contributed by atoms with van der Waals surface area (Å²) in [5.74, 6) is 0.578. The molecule has 8 heteroatoms. The van der Waals surface area contributed by atoms with Crippen LogP contribution in [0.2, 0.25) is 0 Å². The van der Waals surface area contributed by atoms with Gasteiger partial charge in [0.1, 0.15) is 0 Å². The smallest absolute Gasteiger partial charge is 0.259 e. The van der Waals surface area contributed by atoms with Gasteiger partial charge in [0.05, 0.1) is 26.2 Å². The van der Waals surface area contributed by atoms with E-state index in [0.717, 1.165) is 0 Å². The number of amides is 1. The van der Waals surface area contributed by atoms with Crippen LogP contribution in [0.5, 0.6) is 17.2 Å². The van der Waals surface area contributed by atoms with Gasteiger partial charge in [-0.25, -0.2) is 0 Å². The van der Waals surface area contributed by atoms with Crippen LogP contribution < -0.4 is 9.47 Å². The average Bonchev–Trinajstić information content (AvgIpc) is 2.77. The van der Waals surface area contributed by atoms with E-state index >= 15 is 0 Å². The van der Waals surface area contributed by atoms with Crippen molar-refractivity contribution in [2.75, 3.05) is 20.0 Å². The number of ether oxygens (including phenoxy) is 2. The van der Waals surface area contributed by atoms with Gasteiger partial charge >= 0.3 is 0 Å². The molecule has 1 amide bonds. The Balaban J connectivity index is 2.29. The number of thioether (sulfide) groups is 1. The molecule has 1 saturated heterocycles. The second-order valence-corrected chi connectivity index (χ2v) is 5.39. The molecular formula is C12H12N2O4S2. The minimum atomic E-state index is -0.158. The molecule has 106 valence electrons. The van der Waals surface area contributed by atoms with Gasteiger partial charge in [0.15, 0.2) is 15.8 Å². The zero-order chi connectivity index (χ0) is 14.7. The van der Waals surface area contributed by atoms with Gasteiger partial charge < -0.3 is 14.6 Å². The van der Waals surface area contributed by atoms with E-state index in [-0.39, 0.29) is 23.2 Å². The van der Waals surface area contributed by atoms with Crippen LogP contribution in [-0.4, -0.2) is 46.5 Å². The number of rotatable bonds is 4. The zero-order valence-electron chi connectivity index (χ0n) is 10.8. The Kier molecular flexibility index (Phi) is 4.46. The van der Waals surface area contributed by atoms with Crippen LogP contribution in [0.4, 0.5) is 0 Å². The van der Waals surface area contributed by atoms with Crippen molar-refractivity contribution < 1.29 is 19.4 Å². The number of phenols is 1. The molecule has 0 spiro atoms. The van der Waals surface area contributed by atoms with Crippen LogP contribution in [-0.2, 0) is 4.79 Å². The second-order valence-electron chi connectivity index (χ2n) is 3.78. The summed E-state index contributed by atoms with van der Waals surface area (Å²) in [6.07, 6.45) is 1.46. The maximum atomic E-state index is 11.5. The van der Waals surface area contributed by atoms with Gasteiger partial charge in [-0.05, 0) is 12.1 Å². The van der Waals surface area contributed by atoms with E-state index < -0.39 is 0 Å². The molecule has 1 aliphatic rings. The number of aromatic hydroxyl groups is 1.